The Balaban J connectivity index is 0.00000341. The van der Waals surface area contributed by atoms with E-state index in [2.05, 4.69) is 10.0 Å². The van der Waals surface area contributed by atoms with Crippen LogP contribution in [0.25, 0.3) is 0 Å². The Morgan fingerprint density at radius 1 is 0.871 bits per heavy atom. The molecule has 0 aliphatic heterocycles. The molecule has 0 saturated heterocycles. The van der Waals surface area contributed by atoms with Crippen molar-refractivity contribution in [2.75, 3.05) is 17.6 Å². The molecule has 10 heteroatoms. The van der Waals surface area contributed by atoms with E-state index in [4.69, 9.17) is 0 Å². The van der Waals surface area contributed by atoms with Gasteiger partial charge < -0.3 is 5.32 Å². The van der Waals surface area contributed by atoms with Gasteiger partial charge in [-0.3, -0.25) is 0 Å². The molecule has 31 heavy (non-hydrogen) atoms. The maximum atomic E-state index is 13.0. The highest BCUT2D eigenvalue weighted by Crippen LogP contribution is 2.26. The maximum absolute atomic E-state index is 13.0. The first-order chi connectivity index (χ1) is 14.2. The van der Waals surface area contributed by atoms with Gasteiger partial charge >= 0.3 is 0 Å². The fraction of sp³-hybridized carbons (Fsp3) is 0.429. The first kappa shape index (κ1) is 25.6. The molecule has 0 heterocycles. The molecule has 0 bridgehead atoms. The molecule has 0 aromatic heterocycles. The zero-order valence-electron chi connectivity index (χ0n) is 17.3. The van der Waals surface area contributed by atoms with Crippen LogP contribution >= 0.6 is 12.4 Å². The summed E-state index contributed by atoms with van der Waals surface area (Å²) >= 11 is 0. The molecule has 172 valence electrons. The minimum Gasteiger partial charge on any atom is -0.385 e. The van der Waals surface area contributed by atoms with E-state index in [1.165, 1.54) is 24.3 Å². The van der Waals surface area contributed by atoms with Crippen molar-refractivity contribution in [1.82, 2.24) is 4.72 Å². The second kappa shape index (κ2) is 10.8. The number of nitrogens with one attached hydrogen (secondary N) is 2. The van der Waals surface area contributed by atoms with E-state index in [-0.39, 0.29) is 34.0 Å². The predicted molar refractivity (Wildman–Crippen MR) is 122 cm³/mol. The molecule has 2 N–H and O–H groups in total. The van der Waals surface area contributed by atoms with Gasteiger partial charge in [0.15, 0.2) is 0 Å². The molecule has 0 atom stereocenters. The summed E-state index contributed by atoms with van der Waals surface area (Å²) in [7, 11) is -6.85. The van der Waals surface area contributed by atoms with Crippen molar-refractivity contribution >= 4 is 38.0 Å². The summed E-state index contributed by atoms with van der Waals surface area (Å²) in [5, 5.41) is 3.33. The number of halogens is 2. The van der Waals surface area contributed by atoms with E-state index in [0.29, 0.717) is 5.92 Å². The van der Waals surface area contributed by atoms with Gasteiger partial charge in [-0.15, -0.1) is 12.4 Å². The van der Waals surface area contributed by atoms with Crippen LogP contribution in [0.2, 0.25) is 0 Å². The van der Waals surface area contributed by atoms with E-state index < -0.39 is 25.7 Å². The zero-order valence-corrected chi connectivity index (χ0v) is 19.7. The molecule has 0 spiro atoms. The molecule has 1 aliphatic rings. The van der Waals surface area contributed by atoms with Gasteiger partial charge in [0, 0.05) is 18.3 Å². The molecular formula is C21H28ClFN2O4S2. The van der Waals surface area contributed by atoms with E-state index in [0.717, 1.165) is 50.0 Å². The smallest absolute Gasteiger partial charge is 0.211 e. The quantitative estimate of drug-likeness (QED) is 0.546. The van der Waals surface area contributed by atoms with Gasteiger partial charge in [0.25, 0.3) is 0 Å². The average molecular weight is 491 g/mol. The van der Waals surface area contributed by atoms with Gasteiger partial charge in [-0.2, -0.15) is 0 Å². The number of sulfone groups is 1. The lowest BCUT2D eigenvalue weighted by Gasteiger charge is -2.29. The van der Waals surface area contributed by atoms with Crippen LogP contribution in [0.4, 0.5) is 10.1 Å². The first-order valence-electron chi connectivity index (χ1n) is 10.0. The first-order valence-corrected chi connectivity index (χ1v) is 13.2. The summed E-state index contributed by atoms with van der Waals surface area (Å²) in [6, 6.07) is 11.3. The van der Waals surface area contributed by atoms with Crippen molar-refractivity contribution < 1.29 is 21.2 Å². The van der Waals surface area contributed by atoms with Crippen molar-refractivity contribution in [1.29, 1.82) is 0 Å². The molecule has 0 radical (unpaired) electrons. The molecule has 1 fully saturated rings. The number of benzene rings is 2. The van der Waals surface area contributed by atoms with Gasteiger partial charge in [-0.25, -0.2) is 25.9 Å². The largest absolute Gasteiger partial charge is 0.385 e. The van der Waals surface area contributed by atoms with Crippen LogP contribution in [0.5, 0.6) is 0 Å². The Bertz CT molecular complexity index is 1050. The topological polar surface area (TPSA) is 92.3 Å². The number of hydrogen-bond donors (Lipinski definition) is 2. The number of hydrogen-bond acceptors (Lipinski definition) is 5. The Hall–Kier alpha value is -1.68. The molecule has 1 aliphatic carbocycles. The summed E-state index contributed by atoms with van der Waals surface area (Å²) in [5.74, 6) is 0.0572. The molecule has 2 aromatic rings. The van der Waals surface area contributed by atoms with Gasteiger partial charge in [0.1, 0.15) is 5.82 Å². The van der Waals surface area contributed by atoms with E-state index >= 15 is 0 Å². The molecule has 0 unspecified atom stereocenters. The lowest BCUT2D eigenvalue weighted by atomic mass is 9.86. The molecular weight excluding hydrogens is 463 g/mol. The second-order valence-electron chi connectivity index (χ2n) is 7.60. The minimum atomic E-state index is -3.68. The standard InChI is InChI=1S/C21H27FN2O4S2.ClH/c1-2-29(25,26)24-19-7-3-16(4-8-19)15-23-18-9-13-21(14-10-18)30(27,28)20-11-5-17(22)6-12-20;/h5-6,9-14,16,19,23-24H,2-4,7-8,15H2,1H3;1H. The predicted octanol–water partition coefficient (Wildman–Crippen LogP) is 3.99. The van der Waals surface area contributed by atoms with Gasteiger partial charge in [-0.1, -0.05) is 0 Å². The Kier molecular flexibility index (Phi) is 8.88. The van der Waals surface area contributed by atoms with Gasteiger partial charge in [0.2, 0.25) is 19.9 Å². The average Bonchev–Trinajstić information content (AvgIpc) is 2.74. The van der Waals surface area contributed by atoms with Crippen molar-refractivity contribution in [3.63, 3.8) is 0 Å². The highest BCUT2D eigenvalue weighted by molar-refractivity contribution is 7.91. The third kappa shape index (κ3) is 6.90. The molecule has 6 nitrogen and oxygen atoms in total. The molecule has 3 rings (SSSR count). The SMILES string of the molecule is CCS(=O)(=O)NC1CCC(CNc2ccc(S(=O)(=O)c3ccc(F)cc3)cc2)CC1.Cl. The fourth-order valence-electron chi connectivity index (χ4n) is 3.59. The Morgan fingerprint density at radius 3 is 1.90 bits per heavy atom. The summed E-state index contributed by atoms with van der Waals surface area (Å²) in [6.07, 6.45) is 3.50. The lowest BCUT2D eigenvalue weighted by molar-refractivity contribution is 0.324. The molecule has 1 saturated carbocycles. The third-order valence-corrected chi connectivity index (χ3v) is 8.69. The van der Waals surface area contributed by atoms with Crippen molar-refractivity contribution in [3.8, 4) is 0 Å². The maximum Gasteiger partial charge on any atom is 0.211 e. The minimum absolute atomic E-state index is 0. The van der Waals surface area contributed by atoms with Crippen LogP contribution in [0, 0.1) is 11.7 Å². The van der Waals surface area contributed by atoms with Crippen LogP contribution in [0.15, 0.2) is 58.3 Å². The number of rotatable bonds is 8. The summed E-state index contributed by atoms with van der Waals surface area (Å²) < 4.78 is 64.4. The van der Waals surface area contributed by atoms with E-state index in [1.54, 1.807) is 19.1 Å². The highest BCUT2D eigenvalue weighted by Gasteiger charge is 2.24. The third-order valence-electron chi connectivity index (χ3n) is 5.46. The second-order valence-corrected chi connectivity index (χ2v) is 11.6. The van der Waals surface area contributed by atoms with Crippen LogP contribution in [-0.4, -0.2) is 35.2 Å². The highest BCUT2D eigenvalue weighted by atomic mass is 35.5. The van der Waals surface area contributed by atoms with Crippen LogP contribution in [-0.2, 0) is 19.9 Å². The van der Waals surface area contributed by atoms with Crippen molar-refractivity contribution in [2.24, 2.45) is 5.92 Å². The zero-order chi connectivity index (χ0) is 21.8. The van der Waals surface area contributed by atoms with E-state index in [1.807, 2.05) is 0 Å². The van der Waals surface area contributed by atoms with Crippen LogP contribution in [0.3, 0.4) is 0 Å². The van der Waals surface area contributed by atoms with Crippen LogP contribution < -0.4 is 10.0 Å². The fourth-order valence-corrected chi connectivity index (χ4v) is 5.76. The van der Waals surface area contributed by atoms with Gasteiger partial charge in [0.05, 0.1) is 15.5 Å². The Labute approximate surface area is 190 Å². The number of sulfonamides is 1. The van der Waals surface area contributed by atoms with Crippen molar-refractivity contribution in [3.05, 3.63) is 54.3 Å². The number of anilines is 1. The molecule has 2 aromatic carbocycles. The van der Waals surface area contributed by atoms with Crippen LogP contribution in [0.1, 0.15) is 32.6 Å². The molecule has 0 amide bonds. The Morgan fingerprint density at radius 2 is 1.39 bits per heavy atom. The van der Waals surface area contributed by atoms with Gasteiger partial charge in [-0.05, 0) is 87.1 Å². The normalized spacial score (nSPS) is 19.4. The summed E-state index contributed by atoms with van der Waals surface area (Å²) in [6.45, 7) is 2.38. The summed E-state index contributed by atoms with van der Waals surface area (Å²) in [5.41, 5.74) is 0.821. The van der Waals surface area contributed by atoms with E-state index in [9.17, 15) is 21.2 Å². The lowest BCUT2D eigenvalue weighted by Crippen LogP contribution is -2.39. The monoisotopic (exact) mass is 490 g/mol. The van der Waals surface area contributed by atoms with Crippen molar-refractivity contribution in [2.45, 2.75) is 48.4 Å². The summed E-state index contributed by atoms with van der Waals surface area (Å²) in [4.78, 5) is 0.212.